The number of aliphatic imine (C=N–C) groups is 1. The molecule has 0 aromatic carbocycles. The van der Waals surface area contributed by atoms with E-state index in [0.717, 1.165) is 45.2 Å². The number of nitrogens with one attached hydrogen (secondary N) is 1. The molecular formula is C13H20N4O2. The molecule has 1 aliphatic heterocycles. The summed E-state index contributed by atoms with van der Waals surface area (Å²) in [5.74, 6) is 0.894. The molecule has 104 valence electrons. The molecule has 6 nitrogen and oxygen atoms in total. The van der Waals surface area contributed by atoms with Gasteiger partial charge in [0.05, 0.1) is 19.4 Å². The number of nitrogens with zero attached hydrogens (tertiary/aromatic N) is 3. The lowest BCUT2D eigenvalue weighted by atomic mass is 10.3. The van der Waals surface area contributed by atoms with E-state index in [9.17, 15) is 5.11 Å². The predicted octanol–water partition coefficient (Wildman–Crippen LogP) is 0.580. The van der Waals surface area contributed by atoms with Crippen molar-refractivity contribution in [3.05, 3.63) is 17.8 Å². The van der Waals surface area contributed by atoms with E-state index in [0.29, 0.717) is 5.69 Å². The summed E-state index contributed by atoms with van der Waals surface area (Å²) in [5.41, 5.74) is 0.485. The zero-order chi connectivity index (χ0) is 13.5. The quantitative estimate of drug-likeness (QED) is 0.761. The van der Waals surface area contributed by atoms with E-state index in [4.69, 9.17) is 4.74 Å². The largest absolute Gasteiger partial charge is 0.506 e. The Hall–Kier alpha value is -1.66. The highest BCUT2D eigenvalue weighted by Gasteiger charge is 2.09. The zero-order valence-corrected chi connectivity index (χ0v) is 11.2. The third-order valence-corrected chi connectivity index (χ3v) is 2.99. The van der Waals surface area contributed by atoms with Crippen molar-refractivity contribution in [1.82, 2.24) is 9.88 Å². The third-order valence-electron chi connectivity index (χ3n) is 2.99. The van der Waals surface area contributed by atoms with E-state index in [-0.39, 0.29) is 5.75 Å². The number of aromatic hydroxyl groups is 1. The lowest BCUT2D eigenvalue weighted by Gasteiger charge is -2.26. The fourth-order valence-electron chi connectivity index (χ4n) is 1.95. The molecule has 6 heteroatoms. The molecule has 1 aliphatic rings. The molecule has 19 heavy (non-hydrogen) atoms. The van der Waals surface area contributed by atoms with E-state index >= 15 is 0 Å². The van der Waals surface area contributed by atoms with Gasteiger partial charge in [-0.3, -0.25) is 9.89 Å². The highest BCUT2D eigenvalue weighted by molar-refractivity contribution is 5.81. The second kappa shape index (κ2) is 7.06. The molecule has 2 rings (SSSR count). The smallest absolute Gasteiger partial charge is 0.142 e. The summed E-state index contributed by atoms with van der Waals surface area (Å²) in [5, 5.41) is 12.8. The van der Waals surface area contributed by atoms with Crippen LogP contribution in [0.3, 0.4) is 0 Å². The molecule has 1 fully saturated rings. The lowest BCUT2D eigenvalue weighted by molar-refractivity contribution is 0.0398. The summed E-state index contributed by atoms with van der Waals surface area (Å²) in [4.78, 5) is 10.5. The molecule has 0 aliphatic carbocycles. The van der Waals surface area contributed by atoms with Crippen molar-refractivity contribution in [3.8, 4) is 5.75 Å². The SMILES string of the molecule is CN=Cc1nc(NCCN2CCOCC2)ccc1O. The molecule has 2 N–H and O–H groups in total. The van der Waals surface area contributed by atoms with Gasteiger partial charge < -0.3 is 15.2 Å². The standard InChI is InChI=1S/C13H20N4O2/c1-14-10-11-12(18)2-3-13(16-11)15-4-5-17-6-8-19-9-7-17/h2-3,10,18H,4-9H2,1H3,(H,15,16). The van der Waals surface area contributed by atoms with Crippen LogP contribution in [0.1, 0.15) is 5.69 Å². The monoisotopic (exact) mass is 264 g/mol. The Labute approximate surface area is 113 Å². The number of rotatable bonds is 5. The topological polar surface area (TPSA) is 70.0 Å². The van der Waals surface area contributed by atoms with Crippen molar-refractivity contribution in [2.75, 3.05) is 51.8 Å². The van der Waals surface area contributed by atoms with Crippen molar-refractivity contribution in [2.45, 2.75) is 0 Å². The minimum Gasteiger partial charge on any atom is -0.506 e. The van der Waals surface area contributed by atoms with E-state index in [1.807, 2.05) is 0 Å². The molecule has 2 heterocycles. The lowest BCUT2D eigenvalue weighted by Crippen LogP contribution is -2.39. The first-order chi connectivity index (χ1) is 9.29. The van der Waals surface area contributed by atoms with Crippen LogP contribution in [0, 0.1) is 0 Å². The molecule has 0 atom stereocenters. The maximum Gasteiger partial charge on any atom is 0.142 e. The Kier molecular flexibility index (Phi) is 5.11. The molecule has 1 saturated heterocycles. The van der Waals surface area contributed by atoms with Gasteiger partial charge in [0.25, 0.3) is 0 Å². The van der Waals surface area contributed by atoms with E-state index < -0.39 is 0 Å². The van der Waals surface area contributed by atoms with Crippen molar-refractivity contribution >= 4 is 12.0 Å². The van der Waals surface area contributed by atoms with Crippen LogP contribution in [-0.4, -0.2) is 67.6 Å². The van der Waals surface area contributed by atoms with Crippen LogP contribution in [0.25, 0.3) is 0 Å². The van der Waals surface area contributed by atoms with Crippen LogP contribution in [0.2, 0.25) is 0 Å². The molecule has 0 spiro atoms. The first kappa shape index (κ1) is 13.8. The summed E-state index contributed by atoms with van der Waals surface area (Å²) in [7, 11) is 1.65. The van der Waals surface area contributed by atoms with E-state index in [1.165, 1.54) is 0 Å². The molecule has 1 aromatic heterocycles. The second-order valence-corrected chi connectivity index (χ2v) is 4.37. The fraction of sp³-hybridized carbons (Fsp3) is 0.538. The van der Waals surface area contributed by atoms with Gasteiger partial charge in [-0.05, 0) is 12.1 Å². The summed E-state index contributed by atoms with van der Waals surface area (Å²) >= 11 is 0. The molecule has 0 unspecified atom stereocenters. The van der Waals surface area contributed by atoms with Gasteiger partial charge in [0.2, 0.25) is 0 Å². The summed E-state index contributed by atoms with van der Waals surface area (Å²) in [6, 6.07) is 3.39. The number of anilines is 1. The van der Waals surface area contributed by atoms with Crippen LogP contribution in [-0.2, 0) is 4.74 Å². The van der Waals surface area contributed by atoms with Crippen molar-refractivity contribution in [2.24, 2.45) is 4.99 Å². The van der Waals surface area contributed by atoms with Crippen LogP contribution < -0.4 is 5.32 Å². The molecule has 0 amide bonds. The Bertz CT molecular complexity index is 431. The van der Waals surface area contributed by atoms with Gasteiger partial charge in [-0.1, -0.05) is 0 Å². The molecule has 1 aromatic rings. The normalized spacial score (nSPS) is 16.9. The van der Waals surface area contributed by atoms with Crippen molar-refractivity contribution in [3.63, 3.8) is 0 Å². The second-order valence-electron chi connectivity index (χ2n) is 4.37. The van der Waals surface area contributed by atoms with E-state index in [2.05, 4.69) is 20.2 Å². The molecule has 0 bridgehead atoms. The molecule has 0 saturated carbocycles. The average molecular weight is 264 g/mol. The van der Waals surface area contributed by atoms with Crippen molar-refractivity contribution in [1.29, 1.82) is 0 Å². The van der Waals surface area contributed by atoms with Crippen LogP contribution >= 0.6 is 0 Å². The number of morpholine rings is 1. The minimum atomic E-state index is 0.143. The average Bonchev–Trinajstić information content (AvgIpc) is 2.44. The fourth-order valence-corrected chi connectivity index (χ4v) is 1.95. The van der Waals surface area contributed by atoms with Crippen LogP contribution in [0.5, 0.6) is 5.75 Å². The number of hydrogen-bond acceptors (Lipinski definition) is 6. The number of aromatic nitrogens is 1. The van der Waals surface area contributed by atoms with Gasteiger partial charge in [-0.15, -0.1) is 0 Å². The Morgan fingerprint density at radius 3 is 3.00 bits per heavy atom. The first-order valence-corrected chi connectivity index (χ1v) is 6.46. The van der Waals surface area contributed by atoms with Crippen molar-refractivity contribution < 1.29 is 9.84 Å². The first-order valence-electron chi connectivity index (χ1n) is 6.46. The maximum atomic E-state index is 9.59. The molecular weight excluding hydrogens is 244 g/mol. The summed E-state index contributed by atoms with van der Waals surface area (Å²) < 4.78 is 5.30. The number of pyridine rings is 1. The van der Waals surface area contributed by atoms with Gasteiger partial charge in [0, 0.05) is 33.2 Å². The molecule has 0 radical (unpaired) electrons. The predicted molar refractivity (Wildman–Crippen MR) is 75.2 cm³/mol. The minimum absolute atomic E-state index is 0.143. The zero-order valence-electron chi connectivity index (χ0n) is 11.2. The van der Waals surface area contributed by atoms with Crippen LogP contribution in [0.15, 0.2) is 17.1 Å². The van der Waals surface area contributed by atoms with Crippen LogP contribution in [0.4, 0.5) is 5.82 Å². The highest BCUT2D eigenvalue weighted by atomic mass is 16.5. The summed E-state index contributed by atoms with van der Waals surface area (Å²) in [6.07, 6.45) is 1.54. The maximum absolute atomic E-state index is 9.59. The Morgan fingerprint density at radius 1 is 1.47 bits per heavy atom. The third kappa shape index (κ3) is 4.18. The summed E-state index contributed by atoms with van der Waals surface area (Å²) in [6.45, 7) is 5.38. The van der Waals surface area contributed by atoms with Gasteiger partial charge in [0.15, 0.2) is 0 Å². The Balaban J connectivity index is 1.83. The Morgan fingerprint density at radius 2 is 2.26 bits per heavy atom. The highest BCUT2D eigenvalue weighted by Crippen LogP contribution is 2.15. The van der Waals surface area contributed by atoms with E-state index in [1.54, 1.807) is 25.4 Å². The van der Waals surface area contributed by atoms with Gasteiger partial charge in [0.1, 0.15) is 17.3 Å². The van der Waals surface area contributed by atoms with Gasteiger partial charge in [-0.2, -0.15) is 0 Å². The van der Waals surface area contributed by atoms with Gasteiger partial charge in [-0.25, -0.2) is 4.98 Å². The number of ether oxygens (including phenoxy) is 1. The number of hydrogen-bond donors (Lipinski definition) is 2. The van der Waals surface area contributed by atoms with Gasteiger partial charge >= 0.3 is 0 Å².